The number of rotatable bonds is 3. The molecule has 0 unspecified atom stereocenters. The fourth-order valence-corrected chi connectivity index (χ4v) is 4.48. The van der Waals surface area contributed by atoms with Crippen molar-refractivity contribution >= 4 is 16.9 Å². The smallest absolute Gasteiger partial charge is 0.267 e. The standard InChI is InChI=1S/C22H25N5O3/c1-26-21(29)17-4-2-3-5-19(17)24-22(26)23-15-6-8-16(9-7-15)27-20(28)12-14-13-30-11-10-18(14)25-27/h2-5,12,15-16H,6-11,13H2,1H3,(H,23,24). The lowest BCUT2D eigenvalue weighted by Crippen LogP contribution is -2.36. The van der Waals surface area contributed by atoms with Crippen LogP contribution in [-0.2, 0) is 24.8 Å². The Labute approximate surface area is 173 Å². The Hall–Kier alpha value is -3.00. The summed E-state index contributed by atoms with van der Waals surface area (Å²) in [4.78, 5) is 29.8. The van der Waals surface area contributed by atoms with Crippen LogP contribution < -0.4 is 16.4 Å². The zero-order valence-electron chi connectivity index (χ0n) is 17.0. The minimum absolute atomic E-state index is 0.0470. The number of aromatic nitrogens is 4. The Morgan fingerprint density at radius 2 is 1.93 bits per heavy atom. The maximum atomic E-state index is 12.6. The second kappa shape index (κ2) is 7.68. The fourth-order valence-electron chi connectivity index (χ4n) is 4.48. The minimum atomic E-state index is -0.0504. The van der Waals surface area contributed by atoms with Crippen molar-refractivity contribution in [3.05, 3.63) is 62.3 Å². The van der Waals surface area contributed by atoms with E-state index in [4.69, 9.17) is 4.74 Å². The molecule has 5 rings (SSSR count). The van der Waals surface area contributed by atoms with Gasteiger partial charge in [0.25, 0.3) is 11.1 Å². The molecule has 8 heteroatoms. The molecule has 1 saturated carbocycles. The highest BCUT2D eigenvalue weighted by atomic mass is 16.5. The number of nitrogens with one attached hydrogen (secondary N) is 1. The number of benzene rings is 1. The molecule has 30 heavy (non-hydrogen) atoms. The van der Waals surface area contributed by atoms with E-state index in [1.807, 2.05) is 18.2 Å². The summed E-state index contributed by atoms with van der Waals surface area (Å²) >= 11 is 0. The van der Waals surface area contributed by atoms with E-state index in [0.29, 0.717) is 30.1 Å². The zero-order valence-corrected chi connectivity index (χ0v) is 17.0. The molecule has 0 spiro atoms. The molecule has 2 aliphatic rings. The molecule has 0 amide bonds. The molecule has 2 aromatic heterocycles. The molecule has 0 radical (unpaired) electrons. The van der Waals surface area contributed by atoms with Gasteiger partial charge in [-0.05, 0) is 37.8 Å². The van der Waals surface area contributed by atoms with Crippen LogP contribution in [0.2, 0.25) is 0 Å². The van der Waals surface area contributed by atoms with Crippen molar-refractivity contribution in [1.29, 1.82) is 0 Å². The van der Waals surface area contributed by atoms with Gasteiger partial charge in [-0.1, -0.05) is 12.1 Å². The predicted octanol–water partition coefficient (Wildman–Crippen LogP) is 2.16. The van der Waals surface area contributed by atoms with Crippen LogP contribution in [0.1, 0.15) is 43.0 Å². The first-order valence-electron chi connectivity index (χ1n) is 10.5. The molecule has 8 nitrogen and oxygen atoms in total. The Morgan fingerprint density at radius 3 is 2.77 bits per heavy atom. The van der Waals surface area contributed by atoms with Gasteiger partial charge in [0, 0.05) is 31.1 Å². The van der Waals surface area contributed by atoms with Crippen molar-refractivity contribution in [1.82, 2.24) is 19.3 Å². The van der Waals surface area contributed by atoms with Crippen molar-refractivity contribution in [2.24, 2.45) is 7.05 Å². The summed E-state index contributed by atoms with van der Waals surface area (Å²) in [5.41, 5.74) is 2.50. The maximum Gasteiger partial charge on any atom is 0.267 e. The Morgan fingerprint density at radius 1 is 1.13 bits per heavy atom. The molecule has 1 aliphatic heterocycles. The molecule has 3 heterocycles. The second-order valence-corrected chi connectivity index (χ2v) is 8.17. The first kappa shape index (κ1) is 19.0. The maximum absolute atomic E-state index is 12.6. The van der Waals surface area contributed by atoms with E-state index in [0.717, 1.165) is 43.4 Å². The molecule has 1 fully saturated rings. The first-order valence-corrected chi connectivity index (χ1v) is 10.5. The van der Waals surface area contributed by atoms with Crippen LogP contribution in [0, 0.1) is 0 Å². The molecular formula is C22H25N5O3. The molecule has 0 saturated heterocycles. The quantitative estimate of drug-likeness (QED) is 0.716. The van der Waals surface area contributed by atoms with E-state index in [2.05, 4.69) is 15.4 Å². The molecule has 0 atom stereocenters. The van der Waals surface area contributed by atoms with Crippen LogP contribution in [0.25, 0.3) is 10.9 Å². The number of anilines is 1. The van der Waals surface area contributed by atoms with Crippen LogP contribution >= 0.6 is 0 Å². The number of ether oxygens (including phenoxy) is 1. The largest absolute Gasteiger partial charge is 0.376 e. The summed E-state index contributed by atoms with van der Waals surface area (Å²) in [6, 6.07) is 9.40. The number of hydrogen-bond donors (Lipinski definition) is 1. The van der Waals surface area contributed by atoms with Crippen LogP contribution in [0.15, 0.2) is 39.9 Å². The highest BCUT2D eigenvalue weighted by Gasteiger charge is 2.26. The topological polar surface area (TPSA) is 91.0 Å². The third-order valence-electron chi connectivity index (χ3n) is 6.22. The first-order chi connectivity index (χ1) is 14.6. The van der Waals surface area contributed by atoms with Crippen molar-refractivity contribution in [3.8, 4) is 0 Å². The van der Waals surface area contributed by atoms with E-state index < -0.39 is 0 Å². The van der Waals surface area contributed by atoms with Crippen molar-refractivity contribution in [2.45, 2.75) is 50.8 Å². The van der Waals surface area contributed by atoms with E-state index in [9.17, 15) is 9.59 Å². The van der Waals surface area contributed by atoms with Crippen LogP contribution in [-0.4, -0.2) is 32.0 Å². The average Bonchev–Trinajstić information content (AvgIpc) is 2.77. The lowest BCUT2D eigenvalue weighted by Gasteiger charge is -2.30. The zero-order chi connectivity index (χ0) is 20.7. The monoisotopic (exact) mass is 407 g/mol. The van der Waals surface area contributed by atoms with Gasteiger partial charge in [0.15, 0.2) is 0 Å². The molecule has 1 N–H and O–H groups in total. The van der Waals surface area contributed by atoms with E-state index >= 15 is 0 Å². The van der Waals surface area contributed by atoms with Gasteiger partial charge in [0.05, 0.1) is 35.9 Å². The molecular weight excluding hydrogens is 382 g/mol. The Bertz CT molecular complexity index is 1210. The number of para-hydroxylation sites is 1. The number of nitrogens with zero attached hydrogens (tertiary/aromatic N) is 4. The highest BCUT2D eigenvalue weighted by molar-refractivity contribution is 5.78. The van der Waals surface area contributed by atoms with Crippen LogP contribution in [0.5, 0.6) is 0 Å². The van der Waals surface area contributed by atoms with E-state index in [1.54, 1.807) is 28.4 Å². The van der Waals surface area contributed by atoms with Gasteiger partial charge in [-0.15, -0.1) is 0 Å². The number of fused-ring (bicyclic) bond motifs is 2. The predicted molar refractivity (Wildman–Crippen MR) is 114 cm³/mol. The fraction of sp³-hybridized carbons (Fsp3) is 0.455. The highest BCUT2D eigenvalue weighted by Crippen LogP contribution is 2.29. The Kier molecular flexibility index (Phi) is 4.86. The summed E-state index contributed by atoms with van der Waals surface area (Å²) in [6.45, 7) is 1.14. The van der Waals surface area contributed by atoms with Gasteiger partial charge in [0.1, 0.15) is 0 Å². The summed E-state index contributed by atoms with van der Waals surface area (Å²) in [6.07, 6.45) is 4.26. The second-order valence-electron chi connectivity index (χ2n) is 8.17. The van der Waals surface area contributed by atoms with Crippen molar-refractivity contribution < 1.29 is 4.74 Å². The third kappa shape index (κ3) is 3.41. The summed E-state index contributed by atoms with van der Waals surface area (Å²) in [7, 11) is 1.75. The van der Waals surface area contributed by atoms with Crippen LogP contribution in [0.4, 0.5) is 5.95 Å². The van der Waals surface area contributed by atoms with Crippen molar-refractivity contribution in [3.63, 3.8) is 0 Å². The number of hydrogen-bond acceptors (Lipinski definition) is 6. The molecule has 1 aromatic carbocycles. The van der Waals surface area contributed by atoms with E-state index in [-0.39, 0.29) is 23.2 Å². The molecule has 0 bridgehead atoms. The lowest BCUT2D eigenvalue weighted by molar-refractivity contribution is 0.107. The lowest BCUT2D eigenvalue weighted by atomic mass is 9.91. The van der Waals surface area contributed by atoms with Gasteiger partial charge < -0.3 is 10.1 Å². The average molecular weight is 407 g/mol. The summed E-state index contributed by atoms with van der Waals surface area (Å²) in [5.74, 6) is 0.589. The molecule has 3 aromatic rings. The Balaban J connectivity index is 1.31. The van der Waals surface area contributed by atoms with Crippen LogP contribution in [0.3, 0.4) is 0 Å². The van der Waals surface area contributed by atoms with Gasteiger partial charge in [0.2, 0.25) is 5.95 Å². The molecule has 156 valence electrons. The van der Waals surface area contributed by atoms with Gasteiger partial charge in [-0.25, -0.2) is 9.67 Å². The van der Waals surface area contributed by atoms with E-state index in [1.165, 1.54) is 0 Å². The third-order valence-corrected chi connectivity index (χ3v) is 6.22. The van der Waals surface area contributed by atoms with Crippen molar-refractivity contribution in [2.75, 3.05) is 11.9 Å². The van der Waals surface area contributed by atoms with Gasteiger partial charge >= 0.3 is 0 Å². The normalized spacial score (nSPS) is 21.4. The van der Waals surface area contributed by atoms with Gasteiger partial charge in [-0.2, -0.15) is 5.10 Å². The van der Waals surface area contributed by atoms with Gasteiger partial charge in [-0.3, -0.25) is 14.2 Å². The SMILES string of the molecule is Cn1c(NC2CCC(n3nc4c(cc3=O)COCC4)CC2)nc2ccccc2c1=O. The molecule has 1 aliphatic carbocycles. The summed E-state index contributed by atoms with van der Waals surface area (Å²) < 4.78 is 8.67. The summed E-state index contributed by atoms with van der Waals surface area (Å²) in [5, 5.41) is 8.72. The minimum Gasteiger partial charge on any atom is -0.376 e.